The Labute approximate surface area is 165 Å². The SMILES string of the molecule is O=C(COC(=O)C1=C(Nc2ccccc2)OCC1=O)Nc1ccc2c(c1)OCO2. The van der Waals surface area contributed by atoms with Gasteiger partial charge in [0.1, 0.15) is 0 Å². The van der Waals surface area contributed by atoms with Gasteiger partial charge in [-0.2, -0.15) is 0 Å². The summed E-state index contributed by atoms with van der Waals surface area (Å²) in [6, 6.07) is 13.8. The molecule has 9 nitrogen and oxygen atoms in total. The summed E-state index contributed by atoms with van der Waals surface area (Å²) in [5.41, 5.74) is 0.842. The highest BCUT2D eigenvalue weighted by molar-refractivity contribution is 6.20. The van der Waals surface area contributed by atoms with Crippen molar-refractivity contribution in [2.45, 2.75) is 0 Å². The monoisotopic (exact) mass is 396 g/mol. The highest BCUT2D eigenvalue weighted by atomic mass is 16.7. The van der Waals surface area contributed by atoms with Crippen LogP contribution in [-0.4, -0.2) is 37.7 Å². The number of carbonyl (C=O) groups excluding carboxylic acids is 3. The van der Waals surface area contributed by atoms with Crippen molar-refractivity contribution in [1.82, 2.24) is 0 Å². The second kappa shape index (κ2) is 7.93. The van der Waals surface area contributed by atoms with E-state index in [-0.39, 0.29) is 24.9 Å². The van der Waals surface area contributed by atoms with Gasteiger partial charge < -0.3 is 29.6 Å². The Morgan fingerprint density at radius 1 is 0.966 bits per heavy atom. The molecule has 0 bridgehead atoms. The predicted molar refractivity (Wildman–Crippen MR) is 100 cm³/mol. The molecule has 0 fully saturated rings. The molecule has 0 aromatic heterocycles. The minimum atomic E-state index is -0.938. The minimum absolute atomic E-state index is 0.00220. The molecule has 2 aromatic carbocycles. The molecule has 0 saturated heterocycles. The van der Waals surface area contributed by atoms with Crippen LogP contribution in [0.2, 0.25) is 0 Å². The van der Waals surface area contributed by atoms with Gasteiger partial charge in [0.2, 0.25) is 18.5 Å². The van der Waals surface area contributed by atoms with E-state index in [4.69, 9.17) is 18.9 Å². The van der Waals surface area contributed by atoms with Crippen LogP contribution in [-0.2, 0) is 23.9 Å². The Kier molecular flexibility index (Phi) is 5.02. The van der Waals surface area contributed by atoms with Crippen molar-refractivity contribution in [3.05, 3.63) is 60.0 Å². The van der Waals surface area contributed by atoms with Crippen LogP contribution in [0.1, 0.15) is 0 Å². The molecule has 148 valence electrons. The van der Waals surface area contributed by atoms with E-state index in [0.717, 1.165) is 0 Å². The van der Waals surface area contributed by atoms with Crippen LogP contribution in [0.4, 0.5) is 11.4 Å². The molecular weight excluding hydrogens is 380 g/mol. The number of benzene rings is 2. The van der Waals surface area contributed by atoms with Crippen molar-refractivity contribution in [2.24, 2.45) is 0 Å². The predicted octanol–water partition coefficient (Wildman–Crippen LogP) is 1.82. The number of rotatable bonds is 6. The Morgan fingerprint density at radius 2 is 1.76 bits per heavy atom. The van der Waals surface area contributed by atoms with E-state index >= 15 is 0 Å². The summed E-state index contributed by atoms with van der Waals surface area (Å²) in [6.07, 6.45) is 0. The molecule has 1 amide bonds. The second-order valence-electron chi connectivity index (χ2n) is 6.10. The van der Waals surface area contributed by atoms with Gasteiger partial charge in [-0.3, -0.25) is 9.59 Å². The summed E-state index contributed by atoms with van der Waals surface area (Å²) in [6.45, 7) is -0.722. The van der Waals surface area contributed by atoms with Gasteiger partial charge in [0, 0.05) is 17.4 Å². The van der Waals surface area contributed by atoms with Crippen molar-refractivity contribution >= 4 is 29.0 Å². The van der Waals surface area contributed by atoms with Crippen LogP contribution in [0.3, 0.4) is 0 Å². The number of nitrogens with one attached hydrogen (secondary N) is 2. The largest absolute Gasteiger partial charge is 0.470 e. The first-order chi connectivity index (χ1) is 14.1. The number of para-hydroxylation sites is 1. The van der Waals surface area contributed by atoms with Crippen LogP contribution in [0, 0.1) is 0 Å². The first-order valence-electron chi connectivity index (χ1n) is 8.69. The van der Waals surface area contributed by atoms with E-state index < -0.39 is 24.3 Å². The topological polar surface area (TPSA) is 112 Å². The lowest BCUT2D eigenvalue weighted by Crippen LogP contribution is -2.24. The van der Waals surface area contributed by atoms with E-state index in [9.17, 15) is 14.4 Å². The van der Waals surface area contributed by atoms with E-state index in [2.05, 4.69) is 10.6 Å². The minimum Gasteiger partial charge on any atom is -0.470 e. The van der Waals surface area contributed by atoms with Gasteiger partial charge in [-0.25, -0.2) is 4.79 Å². The summed E-state index contributed by atoms with van der Waals surface area (Å²) < 4.78 is 20.7. The molecule has 9 heteroatoms. The fourth-order valence-corrected chi connectivity index (χ4v) is 2.74. The number of anilines is 2. The second-order valence-corrected chi connectivity index (χ2v) is 6.10. The number of Topliss-reactive ketones (excluding diaryl/α,β-unsaturated/α-hetero) is 1. The molecule has 0 saturated carbocycles. The molecule has 2 aliphatic heterocycles. The molecule has 29 heavy (non-hydrogen) atoms. The van der Waals surface area contributed by atoms with E-state index in [1.807, 2.05) is 6.07 Å². The zero-order chi connectivity index (χ0) is 20.2. The third-order valence-corrected chi connectivity index (χ3v) is 4.08. The van der Waals surface area contributed by atoms with Crippen molar-refractivity contribution in [3.8, 4) is 11.5 Å². The Balaban J connectivity index is 1.37. The summed E-state index contributed by atoms with van der Waals surface area (Å²) in [5.74, 6) is -0.935. The highest BCUT2D eigenvalue weighted by Gasteiger charge is 2.32. The van der Waals surface area contributed by atoms with Crippen molar-refractivity contribution in [3.63, 3.8) is 0 Å². The van der Waals surface area contributed by atoms with Gasteiger partial charge >= 0.3 is 5.97 Å². The molecule has 0 radical (unpaired) electrons. The third-order valence-electron chi connectivity index (χ3n) is 4.08. The number of hydrogen-bond acceptors (Lipinski definition) is 8. The van der Waals surface area contributed by atoms with Crippen molar-refractivity contribution in [1.29, 1.82) is 0 Å². The number of amides is 1. The van der Waals surface area contributed by atoms with Crippen LogP contribution in [0.25, 0.3) is 0 Å². The zero-order valence-corrected chi connectivity index (χ0v) is 15.1. The Bertz CT molecular complexity index is 1000. The van der Waals surface area contributed by atoms with Crippen LogP contribution in [0.15, 0.2) is 60.0 Å². The van der Waals surface area contributed by atoms with Gasteiger partial charge in [-0.15, -0.1) is 0 Å². The Morgan fingerprint density at radius 3 is 2.59 bits per heavy atom. The molecule has 4 rings (SSSR count). The maximum Gasteiger partial charge on any atom is 0.347 e. The molecule has 2 aromatic rings. The van der Waals surface area contributed by atoms with Crippen molar-refractivity contribution < 1.29 is 33.3 Å². The molecule has 2 N–H and O–H groups in total. The first kappa shape index (κ1) is 18.4. The maximum atomic E-state index is 12.3. The molecule has 0 atom stereocenters. The summed E-state index contributed by atoms with van der Waals surface area (Å²) in [7, 11) is 0. The smallest absolute Gasteiger partial charge is 0.347 e. The first-order valence-corrected chi connectivity index (χ1v) is 8.69. The highest BCUT2D eigenvalue weighted by Crippen LogP contribution is 2.34. The quantitative estimate of drug-likeness (QED) is 0.562. The molecule has 0 spiro atoms. The normalized spacial score (nSPS) is 14.4. The van der Waals surface area contributed by atoms with Gasteiger partial charge in [0.15, 0.2) is 30.3 Å². The van der Waals surface area contributed by atoms with E-state index in [1.165, 1.54) is 0 Å². The molecule has 0 unspecified atom stereocenters. The zero-order valence-electron chi connectivity index (χ0n) is 15.1. The summed E-state index contributed by atoms with van der Waals surface area (Å²) >= 11 is 0. The van der Waals surface area contributed by atoms with Crippen LogP contribution >= 0.6 is 0 Å². The summed E-state index contributed by atoms with van der Waals surface area (Å²) in [5, 5.41) is 5.44. The van der Waals surface area contributed by atoms with Crippen LogP contribution in [0.5, 0.6) is 11.5 Å². The maximum absolute atomic E-state index is 12.3. The lowest BCUT2D eigenvalue weighted by atomic mass is 10.2. The number of carbonyl (C=O) groups is 3. The molecule has 0 aliphatic carbocycles. The van der Waals surface area contributed by atoms with Gasteiger partial charge in [0.25, 0.3) is 5.91 Å². The van der Waals surface area contributed by atoms with Gasteiger partial charge in [0.05, 0.1) is 0 Å². The molecule has 2 heterocycles. The molecular formula is C20H16N2O7. The third kappa shape index (κ3) is 4.13. The number of ketones is 1. The van der Waals surface area contributed by atoms with E-state index in [0.29, 0.717) is 22.9 Å². The number of ether oxygens (including phenoxy) is 4. The fraction of sp³-hybridized carbons (Fsp3) is 0.150. The van der Waals surface area contributed by atoms with Gasteiger partial charge in [-0.05, 0) is 24.3 Å². The molecule has 2 aliphatic rings. The number of hydrogen-bond donors (Lipinski definition) is 2. The number of fused-ring (bicyclic) bond motifs is 1. The number of esters is 1. The average molecular weight is 396 g/mol. The average Bonchev–Trinajstić information content (AvgIpc) is 3.33. The van der Waals surface area contributed by atoms with E-state index in [1.54, 1.807) is 42.5 Å². The fourth-order valence-electron chi connectivity index (χ4n) is 2.74. The summed E-state index contributed by atoms with van der Waals surface area (Å²) in [4.78, 5) is 36.4. The standard InChI is InChI=1S/C20H16N2O7/c23-14-9-26-19(22-12-4-2-1-3-5-12)18(14)20(25)27-10-17(24)21-13-6-7-15-16(8-13)29-11-28-15/h1-8,22H,9-11H2,(H,21,24). The van der Waals surface area contributed by atoms with Crippen LogP contribution < -0.4 is 20.1 Å². The van der Waals surface area contributed by atoms with Crippen molar-refractivity contribution in [2.75, 3.05) is 30.6 Å². The lowest BCUT2D eigenvalue weighted by Gasteiger charge is -2.09. The Hall–Kier alpha value is -4.01. The van der Waals surface area contributed by atoms with Gasteiger partial charge in [-0.1, -0.05) is 18.2 Å². The lowest BCUT2D eigenvalue weighted by molar-refractivity contribution is -0.144.